The minimum atomic E-state index is -0.995. The van der Waals surface area contributed by atoms with Gasteiger partial charge in [-0.1, -0.05) is 27.7 Å². The van der Waals surface area contributed by atoms with Gasteiger partial charge in [0.15, 0.2) is 5.60 Å². The molecule has 0 bridgehead atoms. The van der Waals surface area contributed by atoms with E-state index in [-0.39, 0.29) is 10.8 Å². The van der Waals surface area contributed by atoms with Gasteiger partial charge in [0.05, 0.1) is 0 Å². The van der Waals surface area contributed by atoms with E-state index in [0.717, 1.165) is 6.42 Å². The molecule has 0 spiro atoms. The van der Waals surface area contributed by atoms with Crippen LogP contribution in [0.5, 0.6) is 0 Å². The smallest absolute Gasteiger partial charge is 0.335 e. The molecule has 1 saturated carbocycles. The Hall–Kier alpha value is -0.570. The molecule has 1 rings (SSSR count). The van der Waals surface area contributed by atoms with Gasteiger partial charge in [0.25, 0.3) is 0 Å². The maximum absolute atomic E-state index is 11.4. The summed E-state index contributed by atoms with van der Waals surface area (Å²) in [5, 5.41) is 9.33. The number of aliphatic carboxylic acids is 1. The number of ether oxygens (including phenoxy) is 1. The fourth-order valence-corrected chi connectivity index (χ4v) is 3.41. The Morgan fingerprint density at radius 2 is 1.47 bits per heavy atom. The highest BCUT2D eigenvalue weighted by Gasteiger charge is 2.52. The first kappa shape index (κ1) is 12.5. The molecule has 0 atom stereocenters. The maximum atomic E-state index is 11.4. The average Bonchev–Trinajstić information content (AvgIpc) is 1.97. The van der Waals surface area contributed by atoms with E-state index in [1.807, 2.05) is 0 Å². The van der Waals surface area contributed by atoms with Crippen molar-refractivity contribution in [3.8, 4) is 0 Å². The number of carboxylic acid groups (broad SMARTS) is 1. The molecular weight excluding hydrogens is 192 g/mol. The van der Waals surface area contributed by atoms with Crippen molar-refractivity contribution in [2.45, 2.75) is 52.6 Å². The summed E-state index contributed by atoms with van der Waals surface area (Å²) in [4.78, 5) is 11.4. The second-order valence-electron chi connectivity index (χ2n) is 6.36. The molecule has 0 aromatic rings. The van der Waals surface area contributed by atoms with E-state index in [2.05, 4.69) is 27.7 Å². The van der Waals surface area contributed by atoms with E-state index in [9.17, 15) is 9.90 Å². The fraction of sp³-hybridized carbons (Fsp3) is 0.917. The van der Waals surface area contributed by atoms with Gasteiger partial charge in [-0.05, 0) is 30.1 Å². The minimum absolute atomic E-state index is 0.0240. The van der Waals surface area contributed by atoms with Crippen LogP contribution in [0.1, 0.15) is 47.0 Å². The van der Waals surface area contributed by atoms with Gasteiger partial charge in [0.2, 0.25) is 0 Å². The number of carbonyl (C=O) groups is 1. The lowest BCUT2D eigenvalue weighted by Crippen LogP contribution is -2.52. The number of hydrogen-bond donors (Lipinski definition) is 1. The molecule has 0 heterocycles. The molecule has 15 heavy (non-hydrogen) atoms. The van der Waals surface area contributed by atoms with Gasteiger partial charge >= 0.3 is 5.97 Å². The molecule has 1 aliphatic carbocycles. The molecule has 1 fully saturated rings. The van der Waals surface area contributed by atoms with Crippen molar-refractivity contribution >= 4 is 5.97 Å². The molecule has 0 aromatic carbocycles. The zero-order chi connectivity index (χ0) is 11.9. The largest absolute Gasteiger partial charge is 0.479 e. The first-order chi connectivity index (χ1) is 6.63. The van der Waals surface area contributed by atoms with Crippen LogP contribution < -0.4 is 0 Å². The van der Waals surface area contributed by atoms with Crippen LogP contribution in [0.2, 0.25) is 0 Å². The average molecular weight is 214 g/mol. The van der Waals surface area contributed by atoms with Crippen molar-refractivity contribution in [1.29, 1.82) is 0 Å². The molecule has 3 nitrogen and oxygen atoms in total. The second-order valence-corrected chi connectivity index (χ2v) is 6.36. The van der Waals surface area contributed by atoms with E-state index in [1.54, 1.807) is 0 Å². The van der Waals surface area contributed by atoms with E-state index < -0.39 is 11.6 Å². The van der Waals surface area contributed by atoms with E-state index in [4.69, 9.17) is 4.74 Å². The molecule has 1 aliphatic rings. The summed E-state index contributed by atoms with van der Waals surface area (Å²) in [5.74, 6) is -0.828. The minimum Gasteiger partial charge on any atom is -0.479 e. The monoisotopic (exact) mass is 214 g/mol. The van der Waals surface area contributed by atoms with E-state index in [0.29, 0.717) is 12.8 Å². The molecule has 3 heteroatoms. The zero-order valence-electron chi connectivity index (χ0n) is 10.4. The summed E-state index contributed by atoms with van der Waals surface area (Å²) >= 11 is 0. The third kappa shape index (κ3) is 2.51. The topological polar surface area (TPSA) is 46.5 Å². The van der Waals surface area contributed by atoms with Crippen LogP contribution in [-0.2, 0) is 9.53 Å². The molecule has 0 aliphatic heterocycles. The predicted molar refractivity (Wildman–Crippen MR) is 58.8 cm³/mol. The van der Waals surface area contributed by atoms with Gasteiger partial charge in [-0.2, -0.15) is 0 Å². The number of methoxy groups -OCH3 is 1. The lowest BCUT2D eigenvalue weighted by Gasteiger charge is -2.49. The summed E-state index contributed by atoms with van der Waals surface area (Å²) in [6.07, 6.45) is 2.23. The fourth-order valence-electron chi connectivity index (χ4n) is 3.41. The van der Waals surface area contributed by atoms with Crippen molar-refractivity contribution in [3.05, 3.63) is 0 Å². The van der Waals surface area contributed by atoms with E-state index >= 15 is 0 Å². The highest BCUT2D eigenvalue weighted by atomic mass is 16.5. The number of carboxylic acids is 1. The molecule has 0 unspecified atom stereocenters. The van der Waals surface area contributed by atoms with Gasteiger partial charge in [-0.15, -0.1) is 0 Å². The third-order valence-electron chi connectivity index (χ3n) is 3.27. The molecule has 0 saturated heterocycles. The summed E-state index contributed by atoms with van der Waals surface area (Å²) < 4.78 is 5.31. The van der Waals surface area contributed by atoms with Crippen molar-refractivity contribution in [2.75, 3.05) is 7.11 Å². The van der Waals surface area contributed by atoms with Gasteiger partial charge < -0.3 is 9.84 Å². The van der Waals surface area contributed by atoms with E-state index in [1.165, 1.54) is 7.11 Å². The highest BCUT2D eigenvalue weighted by molar-refractivity contribution is 5.77. The summed E-state index contributed by atoms with van der Waals surface area (Å²) in [6, 6.07) is 0. The predicted octanol–water partition coefficient (Wildman–Crippen LogP) is 2.69. The maximum Gasteiger partial charge on any atom is 0.335 e. The number of rotatable bonds is 2. The zero-order valence-corrected chi connectivity index (χ0v) is 10.4. The van der Waals surface area contributed by atoms with Gasteiger partial charge in [-0.3, -0.25) is 0 Å². The van der Waals surface area contributed by atoms with Gasteiger partial charge in [-0.25, -0.2) is 4.79 Å². The molecular formula is C12H22O3. The van der Waals surface area contributed by atoms with Crippen LogP contribution >= 0.6 is 0 Å². The Morgan fingerprint density at radius 3 is 1.73 bits per heavy atom. The standard InChI is InChI=1S/C12H22O3/c1-10(2)6-11(3,4)8-12(7-10,15-5)9(13)14/h6-8H2,1-5H3,(H,13,14). The van der Waals surface area contributed by atoms with Crippen LogP contribution in [0, 0.1) is 10.8 Å². The molecule has 0 aromatic heterocycles. The normalized spacial score (nSPS) is 27.3. The Morgan fingerprint density at radius 1 is 1.07 bits per heavy atom. The van der Waals surface area contributed by atoms with Crippen LogP contribution in [0.3, 0.4) is 0 Å². The highest BCUT2D eigenvalue weighted by Crippen LogP contribution is 2.51. The SMILES string of the molecule is COC1(C(=O)O)CC(C)(C)CC(C)(C)C1. The van der Waals surface area contributed by atoms with Crippen molar-refractivity contribution in [1.82, 2.24) is 0 Å². The first-order valence-corrected chi connectivity index (χ1v) is 5.41. The first-order valence-electron chi connectivity index (χ1n) is 5.41. The number of hydrogen-bond acceptors (Lipinski definition) is 2. The van der Waals surface area contributed by atoms with Crippen LogP contribution in [-0.4, -0.2) is 23.8 Å². The molecule has 0 radical (unpaired) electrons. The Kier molecular flexibility index (Phi) is 2.90. The van der Waals surface area contributed by atoms with Gasteiger partial charge in [0.1, 0.15) is 0 Å². The summed E-state index contributed by atoms with van der Waals surface area (Å²) in [6.45, 7) is 8.46. The molecule has 0 amide bonds. The Labute approximate surface area is 91.8 Å². The van der Waals surface area contributed by atoms with Crippen molar-refractivity contribution < 1.29 is 14.6 Å². The van der Waals surface area contributed by atoms with Crippen LogP contribution in [0.15, 0.2) is 0 Å². The van der Waals surface area contributed by atoms with Crippen molar-refractivity contribution in [3.63, 3.8) is 0 Å². The summed E-state index contributed by atoms with van der Waals surface area (Å²) in [5.41, 5.74) is -0.947. The van der Waals surface area contributed by atoms with Crippen LogP contribution in [0.25, 0.3) is 0 Å². The Bertz CT molecular complexity index is 250. The van der Waals surface area contributed by atoms with Gasteiger partial charge in [0, 0.05) is 7.11 Å². The molecule has 88 valence electrons. The van der Waals surface area contributed by atoms with Crippen molar-refractivity contribution in [2.24, 2.45) is 10.8 Å². The van der Waals surface area contributed by atoms with Crippen LogP contribution in [0.4, 0.5) is 0 Å². The summed E-state index contributed by atoms with van der Waals surface area (Å²) in [7, 11) is 1.51. The third-order valence-corrected chi connectivity index (χ3v) is 3.27. The quantitative estimate of drug-likeness (QED) is 0.768. The lowest BCUT2D eigenvalue weighted by atomic mass is 9.59. The molecule has 1 N–H and O–H groups in total. The Balaban J connectivity index is 3.05. The lowest BCUT2D eigenvalue weighted by molar-refractivity contribution is -0.179. The second kappa shape index (κ2) is 3.48.